The lowest BCUT2D eigenvalue weighted by molar-refractivity contribution is -0.144. The third kappa shape index (κ3) is 5.15. The van der Waals surface area contributed by atoms with Gasteiger partial charge in [0.2, 0.25) is 0 Å². The van der Waals surface area contributed by atoms with Crippen LogP contribution in [0.15, 0.2) is 35.9 Å². The Kier molecular flexibility index (Phi) is 6.68. The predicted octanol–water partition coefficient (Wildman–Crippen LogP) is 3.39. The maximum atomic E-state index is 13.6. The van der Waals surface area contributed by atoms with E-state index in [0.29, 0.717) is 18.0 Å². The molecule has 1 aliphatic carbocycles. The van der Waals surface area contributed by atoms with Crippen molar-refractivity contribution in [3.63, 3.8) is 0 Å². The van der Waals surface area contributed by atoms with Gasteiger partial charge < -0.3 is 14.6 Å². The summed E-state index contributed by atoms with van der Waals surface area (Å²) in [6.45, 7) is 3.67. The Morgan fingerprint density at radius 1 is 1.33 bits per heavy atom. The van der Waals surface area contributed by atoms with Crippen LogP contribution in [0.2, 0.25) is 0 Å². The SMILES string of the molecule is Cc1cc(/C=C(\C#N)C(=O)OCC(=O)NCCc2ccccc2F)c(C)n1C1CC1. The number of hydrogen-bond donors (Lipinski definition) is 1. The minimum atomic E-state index is -0.849. The zero-order valence-corrected chi connectivity index (χ0v) is 17.1. The van der Waals surface area contributed by atoms with Crippen molar-refractivity contribution < 1.29 is 18.7 Å². The van der Waals surface area contributed by atoms with Crippen LogP contribution in [-0.4, -0.2) is 29.6 Å². The summed E-state index contributed by atoms with van der Waals surface area (Å²) in [5.74, 6) is -1.69. The smallest absolute Gasteiger partial charge is 0.349 e. The summed E-state index contributed by atoms with van der Waals surface area (Å²) in [5.41, 5.74) is 3.21. The molecule has 2 aromatic rings. The van der Waals surface area contributed by atoms with Crippen molar-refractivity contribution in [2.45, 2.75) is 39.2 Å². The van der Waals surface area contributed by atoms with E-state index in [1.54, 1.807) is 18.2 Å². The fourth-order valence-electron chi connectivity index (χ4n) is 3.43. The van der Waals surface area contributed by atoms with Crippen LogP contribution >= 0.6 is 0 Å². The third-order valence-electron chi connectivity index (χ3n) is 5.08. The van der Waals surface area contributed by atoms with Gasteiger partial charge in [0, 0.05) is 24.0 Å². The minimum Gasteiger partial charge on any atom is -0.451 e. The van der Waals surface area contributed by atoms with E-state index in [-0.39, 0.29) is 17.9 Å². The summed E-state index contributed by atoms with van der Waals surface area (Å²) < 4.78 is 20.7. The molecule has 1 heterocycles. The van der Waals surface area contributed by atoms with Gasteiger partial charge in [-0.05, 0) is 62.4 Å². The number of ether oxygens (including phenoxy) is 1. The Balaban J connectivity index is 1.52. The lowest BCUT2D eigenvalue weighted by Crippen LogP contribution is -2.30. The first kappa shape index (κ1) is 21.3. The molecule has 0 aliphatic heterocycles. The van der Waals surface area contributed by atoms with Crippen LogP contribution < -0.4 is 5.32 Å². The molecule has 0 spiro atoms. The van der Waals surface area contributed by atoms with E-state index in [4.69, 9.17) is 4.74 Å². The van der Waals surface area contributed by atoms with Crippen LogP contribution in [0.4, 0.5) is 4.39 Å². The number of hydrogen-bond acceptors (Lipinski definition) is 4. The lowest BCUT2D eigenvalue weighted by Gasteiger charge is -2.07. The molecule has 30 heavy (non-hydrogen) atoms. The first-order valence-corrected chi connectivity index (χ1v) is 9.88. The van der Waals surface area contributed by atoms with Gasteiger partial charge in [0.1, 0.15) is 17.5 Å². The van der Waals surface area contributed by atoms with E-state index in [1.165, 1.54) is 12.1 Å². The van der Waals surface area contributed by atoms with E-state index in [9.17, 15) is 19.2 Å². The maximum absolute atomic E-state index is 13.6. The molecule has 0 radical (unpaired) electrons. The Morgan fingerprint density at radius 3 is 2.73 bits per heavy atom. The van der Waals surface area contributed by atoms with Gasteiger partial charge in [-0.2, -0.15) is 5.26 Å². The molecule has 3 rings (SSSR count). The number of halogens is 1. The summed E-state index contributed by atoms with van der Waals surface area (Å²) in [4.78, 5) is 24.1. The van der Waals surface area contributed by atoms with Crippen LogP contribution in [0.1, 0.15) is 41.4 Å². The maximum Gasteiger partial charge on any atom is 0.349 e. The molecular formula is C23H24FN3O3. The number of aromatic nitrogens is 1. The highest BCUT2D eigenvalue weighted by Crippen LogP contribution is 2.38. The van der Waals surface area contributed by atoms with E-state index in [1.807, 2.05) is 26.0 Å². The largest absolute Gasteiger partial charge is 0.451 e. The van der Waals surface area contributed by atoms with Crippen LogP contribution in [0.3, 0.4) is 0 Å². The second-order valence-electron chi connectivity index (χ2n) is 7.36. The van der Waals surface area contributed by atoms with Crippen molar-refractivity contribution in [3.05, 3.63) is 64.2 Å². The Labute approximate surface area is 175 Å². The standard InChI is InChI=1S/C23H24FN3O3/c1-15-11-18(16(2)27(15)20-7-8-20)12-19(13-25)23(29)30-14-22(28)26-10-9-17-5-3-4-6-21(17)24/h3-6,11-12,20H,7-10,14H2,1-2H3,(H,26,28)/b19-12+. The summed E-state index contributed by atoms with van der Waals surface area (Å²) in [6, 6.07) is 10.6. The number of rotatable bonds is 8. The topological polar surface area (TPSA) is 84.1 Å². The van der Waals surface area contributed by atoms with Crippen LogP contribution in [-0.2, 0) is 20.7 Å². The number of nitrogens with zero attached hydrogens (tertiary/aromatic N) is 2. The Hall–Kier alpha value is -3.40. The van der Waals surface area contributed by atoms with Crippen LogP contribution in [0.5, 0.6) is 0 Å². The van der Waals surface area contributed by atoms with Gasteiger partial charge >= 0.3 is 5.97 Å². The summed E-state index contributed by atoms with van der Waals surface area (Å²) in [7, 11) is 0. The molecule has 1 aromatic heterocycles. The highest BCUT2D eigenvalue weighted by molar-refractivity contribution is 5.99. The van der Waals surface area contributed by atoms with E-state index in [0.717, 1.165) is 29.8 Å². The molecule has 6 nitrogen and oxygen atoms in total. The molecule has 156 valence electrons. The van der Waals surface area contributed by atoms with Crippen molar-refractivity contribution in [2.75, 3.05) is 13.2 Å². The van der Waals surface area contributed by atoms with Crippen LogP contribution in [0, 0.1) is 31.0 Å². The minimum absolute atomic E-state index is 0.162. The van der Waals surface area contributed by atoms with Crippen molar-refractivity contribution in [2.24, 2.45) is 0 Å². The Morgan fingerprint density at radius 2 is 2.07 bits per heavy atom. The lowest BCUT2D eigenvalue weighted by atomic mass is 10.1. The Bertz CT molecular complexity index is 1030. The third-order valence-corrected chi connectivity index (χ3v) is 5.08. The fraction of sp³-hybridized carbons (Fsp3) is 0.348. The van der Waals surface area contributed by atoms with Gasteiger partial charge in [-0.15, -0.1) is 0 Å². The number of carbonyl (C=O) groups is 2. The van der Waals surface area contributed by atoms with Gasteiger partial charge in [0.05, 0.1) is 0 Å². The molecule has 7 heteroatoms. The molecule has 1 amide bonds. The molecule has 1 fully saturated rings. The molecule has 0 bridgehead atoms. The highest BCUT2D eigenvalue weighted by Gasteiger charge is 2.27. The highest BCUT2D eigenvalue weighted by atomic mass is 19.1. The average Bonchev–Trinajstić information content (AvgIpc) is 3.51. The van der Waals surface area contributed by atoms with E-state index < -0.39 is 18.5 Å². The monoisotopic (exact) mass is 409 g/mol. The quantitative estimate of drug-likeness (QED) is 0.412. The fourth-order valence-corrected chi connectivity index (χ4v) is 3.43. The second kappa shape index (κ2) is 9.40. The molecule has 1 aromatic carbocycles. The van der Waals surface area contributed by atoms with E-state index in [2.05, 4.69) is 9.88 Å². The predicted molar refractivity (Wildman–Crippen MR) is 110 cm³/mol. The number of benzene rings is 1. The van der Waals surface area contributed by atoms with Gasteiger partial charge in [-0.25, -0.2) is 9.18 Å². The number of esters is 1. The molecule has 0 saturated heterocycles. The summed E-state index contributed by atoms with van der Waals surface area (Å²) >= 11 is 0. The normalized spacial score (nSPS) is 13.6. The zero-order chi connectivity index (χ0) is 21.7. The first-order chi connectivity index (χ1) is 14.4. The first-order valence-electron chi connectivity index (χ1n) is 9.88. The molecule has 1 N–H and O–H groups in total. The van der Waals surface area contributed by atoms with Crippen LogP contribution in [0.25, 0.3) is 6.08 Å². The zero-order valence-electron chi connectivity index (χ0n) is 17.1. The molecule has 1 aliphatic rings. The number of carbonyl (C=O) groups excluding carboxylic acids is 2. The molecular weight excluding hydrogens is 385 g/mol. The summed E-state index contributed by atoms with van der Waals surface area (Å²) in [6.07, 6.45) is 4.10. The number of aryl methyl sites for hydroxylation is 1. The van der Waals surface area contributed by atoms with Crippen molar-refractivity contribution >= 4 is 18.0 Å². The molecule has 1 saturated carbocycles. The van der Waals surface area contributed by atoms with Gasteiger partial charge in [-0.1, -0.05) is 18.2 Å². The van der Waals surface area contributed by atoms with Crippen molar-refractivity contribution in [3.8, 4) is 6.07 Å². The number of nitrogens with one attached hydrogen (secondary N) is 1. The van der Waals surface area contributed by atoms with Gasteiger partial charge in [0.15, 0.2) is 6.61 Å². The summed E-state index contributed by atoms with van der Waals surface area (Å²) in [5, 5.41) is 11.9. The van der Waals surface area contributed by atoms with E-state index >= 15 is 0 Å². The number of amides is 1. The van der Waals surface area contributed by atoms with Crippen molar-refractivity contribution in [1.29, 1.82) is 5.26 Å². The second-order valence-corrected chi connectivity index (χ2v) is 7.36. The van der Waals surface area contributed by atoms with Gasteiger partial charge in [-0.3, -0.25) is 4.79 Å². The molecule has 0 atom stereocenters. The average molecular weight is 409 g/mol. The van der Waals surface area contributed by atoms with Crippen molar-refractivity contribution in [1.82, 2.24) is 9.88 Å². The van der Waals surface area contributed by atoms with Gasteiger partial charge in [0.25, 0.3) is 5.91 Å². The number of nitriles is 1. The molecule has 0 unspecified atom stereocenters.